The number of benzene rings is 3. The van der Waals surface area contributed by atoms with E-state index in [2.05, 4.69) is 15.9 Å². The molecule has 0 aliphatic carbocycles. The van der Waals surface area contributed by atoms with Gasteiger partial charge in [-0.1, -0.05) is 52.3 Å². The number of hydrogen-bond donors (Lipinski definition) is 0. The van der Waals surface area contributed by atoms with Crippen LogP contribution in [0.15, 0.2) is 85.7 Å². The first-order chi connectivity index (χ1) is 11.3. The number of para-hydroxylation sites is 2. The van der Waals surface area contributed by atoms with Gasteiger partial charge < -0.3 is 12.9 Å². The fourth-order valence-corrected chi connectivity index (χ4v) is 3.65. The molecule has 3 nitrogen and oxygen atoms in total. The fourth-order valence-electron chi connectivity index (χ4n) is 2.34. The van der Waals surface area contributed by atoms with Gasteiger partial charge in [0.25, 0.3) is 0 Å². The van der Waals surface area contributed by atoms with E-state index in [1.165, 1.54) is 0 Å². The lowest BCUT2D eigenvalue weighted by atomic mass is 10.1. The molecule has 114 valence electrons. The molecule has 4 aromatic rings. The summed E-state index contributed by atoms with van der Waals surface area (Å²) >= 11 is 3.41. The standard InChI is InChI=1S/C18H12BrO3P/c19-13-9-11-14(12-10-13)20-23-21-17-7-3-1-5-15(17)16-6-2-4-8-18(16)22-23/h1-12H. The highest BCUT2D eigenvalue weighted by molar-refractivity contribution is 9.10. The van der Waals surface area contributed by atoms with E-state index in [0.717, 1.165) is 26.4 Å². The Morgan fingerprint density at radius 3 is 1.78 bits per heavy atom. The van der Waals surface area contributed by atoms with Crippen molar-refractivity contribution < 1.29 is 12.9 Å². The Labute approximate surface area is 142 Å². The average molecular weight is 387 g/mol. The monoisotopic (exact) mass is 386 g/mol. The van der Waals surface area contributed by atoms with Gasteiger partial charge in [-0.05, 0) is 36.4 Å². The molecule has 0 radical (unpaired) electrons. The van der Waals surface area contributed by atoms with Crippen molar-refractivity contribution >= 4 is 46.1 Å². The number of rotatable bonds is 2. The minimum Gasteiger partial charge on any atom is -0.391 e. The molecule has 3 aromatic carbocycles. The minimum atomic E-state index is -1.57. The Kier molecular flexibility index (Phi) is 3.86. The van der Waals surface area contributed by atoms with Crippen LogP contribution < -0.4 is 4.52 Å². The van der Waals surface area contributed by atoms with Crippen LogP contribution in [-0.4, -0.2) is 0 Å². The molecular weight excluding hydrogens is 375 g/mol. The largest absolute Gasteiger partial charge is 0.453 e. The van der Waals surface area contributed by atoms with E-state index in [-0.39, 0.29) is 0 Å². The first kappa shape index (κ1) is 14.4. The van der Waals surface area contributed by atoms with Crippen LogP contribution in [0.1, 0.15) is 0 Å². The molecule has 0 saturated heterocycles. The molecule has 0 atom stereocenters. The zero-order chi connectivity index (χ0) is 15.6. The summed E-state index contributed by atoms with van der Waals surface area (Å²) < 4.78 is 18.9. The van der Waals surface area contributed by atoms with Gasteiger partial charge in [-0.2, -0.15) is 0 Å². The highest BCUT2D eigenvalue weighted by atomic mass is 79.9. The highest BCUT2D eigenvalue weighted by Crippen LogP contribution is 2.36. The van der Waals surface area contributed by atoms with E-state index in [9.17, 15) is 0 Å². The van der Waals surface area contributed by atoms with Crippen molar-refractivity contribution in [3.05, 3.63) is 77.3 Å². The zero-order valence-electron chi connectivity index (χ0n) is 12.0. The van der Waals surface area contributed by atoms with Crippen molar-refractivity contribution in [2.45, 2.75) is 0 Å². The summed E-state index contributed by atoms with van der Waals surface area (Å²) in [5.41, 5.74) is 1.53. The van der Waals surface area contributed by atoms with Gasteiger partial charge in [-0.25, -0.2) is 0 Å². The molecule has 4 rings (SSSR count). The highest BCUT2D eigenvalue weighted by Gasteiger charge is 2.07. The lowest BCUT2D eigenvalue weighted by molar-refractivity contribution is 0.498. The molecule has 0 spiro atoms. The van der Waals surface area contributed by atoms with Crippen LogP contribution >= 0.6 is 24.2 Å². The van der Waals surface area contributed by atoms with Crippen LogP contribution in [0.5, 0.6) is 5.75 Å². The third-order valence-corrected chi connectivity index (χ3v) is 4.98. The van der Waals surface area contributed by atoms with Crippen LogP contribution in [0.2, 0.25) is 0 Å². The summed E-state index contributed by atoms with van der Waals surface area (Å²) in [5.74, 6) is 0.705. The van der Waals surface area contributed by atoms with E-state index in [1.807, 2.05) is 72.8 Å². The summed E-state index contributed by atoms with van der Waals surface area (Å²) in [6.45, 7) is 0. The van der Waals surface area contributed by atoms with Gasteiger partial charge in [0, 0.05) is 15.2 Å². The lowest BCUT2D eigenvalue weighted by Gasteiger charge is -2.01. The predicted octanol–water partition coefficient (Wildman–Crippen LogP) is 6.89. The molecule has 1 heterocycles. The maximum absolute atomic E-state index is 5.98. The number of hydrogen-bond acceptors (Lipinski definition) is 3. The number of halogens is 1. The minimum absolute atomic E-state index is 0.705. The van der Waals surface area contributed by atoms with Crippen LogP contribution in [0.4, 0.5) is 0 Å². The second-order valence-corrected chi connectivity index (χ2v) is 6.85. The topological polar surface area (TPSA) is 35.5 Å². The Morgan fingerprint density at radius 2 is 1.22 bits per heavy atom. The van der Waals surface area contributed by atoms with Gasteiger partial charge in [-0.3, -0.25) is 0 Å². The predicted molar refractivity (Wildman–Crippen MR) is 96.5 cm³/mol. The maximum Gasteiger partial charge on any atom is 0.453 e. The van der Waals surface area contributed by atoms with Gasteiger partial charge in [-0.15, -0.1) is 0 Å². The van der Waals surface area contributed by atoms with Gasteiger partial charge in [0.1, 0.15) is 16.9 Å². The number of fused-ring (bicyclic) bond motifs is 3. The van der Waals surface area contributed by atoms with E-state index in [0.29, 0.717) is 5.75 Å². The molecule has 1 aromatic heterocycles. The van der Waals surface area contributed by atoms with E-state index in [4.69, 9.17) is 12.9 Å². The summed E-state index contributed by atoms with van der Waals surface area (Å²) in [7, 11) is -1.57. The van der Waals surface area contributed by atoms with Crippen LogP contribution in [-0.2, 0) is 0 Å². The molecule has 0 N–H and O–H groups in total. The van der Waals surface area contributed by atoms with Crippen LogP contribution in [0, 0.1) is 0 Å². The summed E-state index contributed by atoms with van der Waals surface area (Å²) in [6.07, 6.45) is 0. The summed E-state index contributed by atoms with van der Waals surface area (Å²) in [4.78, 5) is 0. The summed E-state index contributed by atoms with van der Waals surface area (Å²) in [6, 6.07) is 23.4. The molecule has 5 heteroatoms. The third kappa shape index (κ3) is 3.00. The van der Waals surface area contributed by atoms with E-state index in [1.54, 1.807) is 0 Å². The molecule has 0 unspecified atom stereocenters. The lowest BCUT2D eigenvalue weighted by Crippen LogP contribution is -1.77. The molecule has 0 amide bonds. The van der Waals surface area contributed by atoms with E-state index < -0.39 is 8.24 Å². The van der Waals surface area contributed by atoms with Gasteiger partial charge in [0.05, 0.1) is 0 Å². The first-order valence-corrected chi connectivity index (χ1v) is 8.96. The quantitative estimate of drug-likeness (QED) is 0.376. The Balaban J connectivity index is 1.93. The van der Waals surface area contributed by atoms with Crippen molar-refractivity contribution in [1.29, 1.82) is 0 Å². The van der Waals surface area contributed by atoms with Crippen molar-refractivity contribution in [2.24, 2.45) is 0 Å². The molecule has 0 aliphatic heterocycles. The molecule has 0 aliphatic rings. The third-order valence-electron chi connectivity index (χ3n) is 3.40. The van der Waals surface area contributed by atoms with Gasteiger partial charge in [0.15, 0.2) is 0 Å². The second-order valence-electron chi connectivity index (χ2n) is 4.94. The summed E-state index contributed by atoms with van der Waals surface area (Å²) in [5, 5.41) is 2.01. The molecular formula is C18H12BrO3P. The van der Waals surface area contributed by atoms with Gasteiger partial charge >= 0.3 is 8.24 Å². The van der Waals surface area contributed by atoms with E-state index >= 15 is 0 Å². The zero-order valence-corrected chi connectivity index (χ0v) is 14.5. The van der Waals surface area contributed by atoms with Crippen molar-refractivity contribution in [1.82, 2.24) is 0 Å². The fraction of sp³-hybridized carbons (Fsp3) is 0. The van der Waals surface area contributed by atoms with Crippen molar-refractivity contribution in [2.75, 3.05) is 0 Å². The van der Waals surface area contributed by atoms with Crippen molar-refractivity contribution in [3.8, 4) is 5.75 Å². The molecule has 0 bridgehead atoms. The molecule has 23 heavy (non-hydrogen) atoms. The van der Waals surface area contributed by atoms with Gasteiger partial charge in [0.2, 0.25) is 0 Å². The Morgan fingerprint density at radius 1 is 0.696 bits per heavy atom. The average Bonchev–Trinajstić information content (AvgIpc) is 2.73. The SMILES string of the molecule is Brc1ccc(Op2oc3ccccc3c3ccccc3o2)cc1. The normalized spacial score (nSPS) is 10.8. The Hall–Kier alpha value is -2.16. The first-order valence-electron chi connectivity index (χ1n) is 7.08. The smallest absolute Gasteiger partial charge is 0.391 e. The van der Waals surface area contributed by atoms with Crippen LogP contribution in [0.3, 0.4) is 0 Å². The molecule has 0 fully saturated rings. The molecule has 0 saturated carbocycles. The van der Waals surface area contributed by atoms with Crippen molar-refractivity contribution in [3.63, 3.8) is 0 Å². The maximum atomic E-state index is 5.98. The second kappa shape index (κ2) is 6.15. The Bertz CT molecular complexity index is 951. The van der Waals surface area contributed by atoms with Crippen LogP contribution in [0.25, 0.3) is 21.9 Å².